The smallest absolute Gasteiger partial charge is 0.418 e. The third kappa shape index (κ3) is 5.09. The molecule has 0 aliphatic carbocycles. The molecule has 3 heterocycles. The van der Waals surface area contributed by atoms with Crippen molar-refractivity contribution in [3.63, 3.8) is 0 Å². The highest BCUT2D eigenvalue weighted by Crippen LogP contribution is 2.55. The van der Waals surface area contributed by atoms with Crippen LogP contribution in [0.25, 0.3) is 0 Å². The Morgan fingerprint density at radius 1 is 0.955 bits per heavy atom. The molecule has 3 unspecified atom stereocenters. The fraction of sp³-hybridized carbons (Fsp3) is 0.226. The standard InChI is InChI=1S/C31H24F3N3O5S2/c1-16-11-13-17(14-12-16)35-22(38)15-36-29-26(44-30(36)41)23(18-7-3-6-10-21(18)42-2)24-25(43-29)28(40)37(27(24)39)20-9-5-4-8-19(20)31(32,33)34/h3-14,23-25H,15H2,1-2H3,(H,35,38). The number of nitrogens with zero attached hydrogens (tertiary/aromatic N) is 2. The number of nitrogens with one attached hydrogen (secondary N) is 1. The number of halogens is 3. The van der Waals surface area contributed by atoms with Crippen molar-refractivity contribution < 1.29 is 32.3 Å². The van der Waals surface area contributed by atoms with Gasteiger partial charge in [0.15, 0.2) is 0 Å². The van der Waals surface area contributed by atoms with Crippen LogP contribution in [0.2, 0.25) is 0 Å². The molecule has 4 aromatic rings. The quantitative estimate of drug-likeness (QED) is 0.273. The molecule has 0 radical (unpaired) electrons. The van der Waals surface area contributed by atoms with Gasteiger partial charge in [-0.15, -0.1) is 0 Å². The van der Waals surface area contributed by atoms with Crippen LogP contribution in [0.5, 0.6) is 5.75 Å². The summed E-state index contributed by atoms with van der Waals surface area (Å²) >= 11 is 1.75. The van der Waals surface area contributed by atoms with E-state index in [1.165, 1.54) is 23.8 Å². The van der Waals surface area contributed by atoms with E-state index >= 15 is 0 Å². The summed E-state index contributed by atoms with van der Waals surface area (Å²) in [5.41, 5.74) is 0.367. The summed E-state index contributed by atoms with van der Waals surface area (Å²) in [7, 11) is 1.44. The van der Waals surface area contributed by atoms with Crippen molar-refractivity contribution in [2.24, 2.45) is 5.92 Å². The number of thiazole rings is 1. The number of thioether (sulfide) groups is 1. The molecule has 3 amide bonds. The minimum Gasteiger partial charge on any atom is -0.496 e. The van der Waals surface area contributed by atoms with Gasteiger partial charge in [-0.1, -0.05) is 71.1 Å². The molecular weight excluding hydrogens is 615 g/mol. The summed E-state index contributed by atoms with van der Waals surface area (Å²) in [4.78, 5) is 54.9. The Hall–Kier alpha value is -4.36. The van der Waals surface area contributed by atoms with Crippen molar-refractivity contribution in [1.29, 1.82) is 0 Å². The van der Waals surface area contributed by atoms with Crippen molar-refractivity contribution in [3.8, 4) is 5.75 Å². The average Bonchev–Trinajstić information content (AvgIpc) is 3.44. The number of amides is 3. The van der Waals surface area contributed by atoms with E-state index in [1.807, 2.05) is 19.1 Å². The van der Waals surface area contributed by atoms with Crippen molar-refractivity contribution in [2.75, 3.05) is 17.3 Å². The second-order valence-electron chi connectivity index (χ2n) is 10.3. The van der Waals surface area contributed by atoms with Gasteiger partial charge < -0.3 is 10.1 Å². The Balaban J connectivity index is 1.45. The van der Waals surface area contributed by atoms with Crippen LogP contribution < -0.4 is 19.8 Å². The lowest BCUT2D eigenvalue weighted by atomic mass is 9.82. The number of carbonyl (C=O) groups excluding carboxylic acids is 3. The number of hydrogen-bond donors (Lipinski definition) is 1. The lowest BCUT2D eigenvalue weighted by Crippen LogP contribution is -2.33. The molecule has 1 N–H and O–H groups in total. The summed E-state index contributed by atoms with van der Waals surface area (Å²) in [5, 5.41) is 1.90. The van der Waals surface area contributed by atoms with Crippen LogP contribution in [-0.2, 0) is 27.1 Å². The summed E-state index contributed by atoms with van der Waals surface area (Å²) in [6.07, 6.45) is -4.82. The topological polar surface area (TPSA) is 97.7 Å². The molecule has 1 fully saturated rings. The molecule has 2 aliphatic rings. The molecule has 3 aromatic carbocycles. The Kier molecular flexibility index (Phi) is 7.62. The molecule has 1 saturated heterocycles. The summed E-state index contributed by atoms with van der Waals surface area (Å²) in [6, 6.07) is 18.3. The molecule has 44 heavy (non-hydrogen) atoms. The number of carbonyl (C=O) groups is 3. The maximum atomic E-state index is 14.1. The maximum Gasteiger partial charge on any atom is 0.418 e. The number of aryl methyl sites for hydroxylation is 1. The molecule has 226 valence electrons. The molecule has 2 aliphatic heterocycles. The SMILES string of the molecule is COc1ccccc1C1c2sc(=O)n(CC(=O)Nc3ccc(C)cc3)c2SC2C(=O)N(c3ccccc3C(F)(F)F)C(=O)C21. The maximum absolute atomic E-state index is 14.1. The molecule has 8 nitrogen and oxygen atoms in total. The predicted molar refractivity (Wildman–Crippen MR) is 160 cm³/mol. The number of benzene rings is 3. The number of ether oxygens (including phenoxy) is 1. The van der Waals surface area contributed by atoms with E-state index in [9.17, 15) is 32.3 Å². The fourth-order valence-electron chi connectivity index (χ4n) is 5.64. The number of imide groups is 1. The van der Waals surface area contributed by atoms with Crippen LogP contribution in [0, 0.1) is 12.8 Å². The van der Waals surface area contributed by atoms with Crippen LogP contribution in [0.3, 0.4) is 0 Å². The van der Waals surface area contributed by atoms with Gasteiger partial charge in [0.1, 0.15) is 17.5 Å². The van der Waals surface area contributed by atoms with Gasteiger partial charge in [0.25, 0.3) is 0 Å². The van der Waals surface area contributed by atoms with E-state index in [-0.39, 0.29) is 6.54 Å². The van der Waals surface area contributed by atoms with Crippen LogP contribution in [0.15, 0.2) is 82.6 Å². The van der Waals surface area contributed by atoms with Gasteiger partial charge in [-0.05, 0) is 37.3 Å². The first-order valence-electron chi connectivity index (χ1n) is 13.4. The monoisotopic (exact) mass is 639 g/mol. The third-order valence-electron chi connectivity index (χ3n) is 7.61. The third-order valence-corrected chi connectivity index (χ3v) is 10.2. The lowest BCUT2D eigenvalue weighted by molar-refractivity contribution is -0.137. The molecular formula is C31H24F3N3O5S2. The second-order valence-corrected chi connectivity index (χ2v) is 12.5. The number of hydrogen-bond acceptors (Lipinski definition) is 7. The number of rotatable bonds is 6. The molecule has 0 saturated carbocycles. The van der Waals surface area contributed by atoms with Gasteiger partial charge in [-0.3, -0.25) is 23.7 Å². The van der Waals surface area contributed by atoms with E-state index in [4.69, 9.17) is 4.74 Å². The van der Waals surface area contributed by atoms with Crippen LogP contribution in [-0.4, -0.2) is 34.6 Å². The van der Waals surface area contributed by atoms with Gasteiger partial charge in [0, 0.05) is 22.0 Å². The summed E-state index contributed by atoms with van der Waals surface area (Å²) < 4.78 is 48.8. The van der Waals surface area contributed by atoms with Crippen molar-refractivity contribution in [2.45, 2.75) is 35.8 Å². The molecule has 1 aromatic heterocycles. The highest BCUT2D eigenvalue weighted by Gasteiger charge is 2.58. The number of para-hydroxylation sites is 2. The Morgan fingerprint density at radius 2 is 1.64 bits per heavy atom. The van der Waals surface area contributed by atoms with Gasteiger partial charge in [0.05, 0.1) is 29.3 Å². The van der Waals surface area contributed by atoms with Gasteiger partial charge in [-0.25, -0.2) is 4.90 Å². The van der Waals surface area contributed by atoms with Gasteiger partial charge in [-0.2, -0.15) is 13.2 Å². The van der Waals surface area contributed by atoms with Crippen LogP contribution in [0.1, 0.15) is 27.5 Å². The minimum absolute atomic E-state index is 0.309. The van der Waals surface area contributed by atoms with E-state index in [1.54, 1.807) is 36.4 Å². The fourth-order valence-corrected chi connectivity index (χ4v) is 8.40. The van der Waals surface area contributed by atoms with Crippen LogP contribution >= 0.6 is 23.1 Å². The second kappa shape index (κ2) is 11.3. The van der Waals surface area contributed by atoms with Crippen molar-refractivity contribution in [1.82, 2.24) is 4.57 Å². The average molecular weight is 640 g/mol. The number of aromatic nitrogens is 1. The van der Waals surface area contributed by atoms with Crippen molar-refractivity contribution >= 4 is 52.2 Å². The number of alkyl halides is 3. The molecule has 0 bridgehead atoms. The van der Waals surface area contributed by atoms with Gasteiger partial charge >= 0.3 is 11.0 Å². The Morgan fingerprint density at radius 3 is 2.34 bits per heavy atom. The largest absolute Gasteiger partial charge is 0.496 e. The number of fused-ring (bicyclic) bond motifs is 2. The Bertz CT molecular complexity index is 1850. The number of anilines is 2. The summed E-state index contributed by atoms with van der Waals surface area (Å²) in [5.74, 6) is -3.77. The zero-order valence-electron chi connectivity index (χ0n) is 23.3. The molecule has 6 rings (SSSR count). The van der Waals surface area contributed by atoms with E-state index < -0.39 is 57.1 Å². The zero-order valence-corrected chi connectivity index (χ0v) is 24.9. The van der Waals surface area contributed by atoms with E-state index in [2.05, 4.69) is 5.32 Å². The first-order chi connectivity index (χ1) is 21.0. The first-order valence-corrected chi connectivity index (χ1v) is 15.1. The predicted octanol–water partition coefficient (Wildman–Crippen LogP) is 5.68. The normalized spacial score (nSPS) is 19.5. The van der Waals surface area contributed by atoms with Gasteiger partial charge in [0.2, 0.25) is 17.7 Å². The van der Waals surface area contributed by atoms with Crippen LogP contribution in [0.4, 0.5) is 24.5 Å². The highest BCUT2D eigenvalue weighted by molar-refractivity contribution is 8.00. The lowest BCUT2D eigenvalue weighted by Gasteiger charge is -2.31. The molecule has 0 spiro atoms. The van der Waals surface area contributed by atoms with E-state index in [0.717, 1.165) is 40.8 Å². The first kappa shape index (κ1) is 29.7. The zero-order chi connectivity index (χ0) is 31.3. The molecule has 3 atom stereocenters. The van der Waals surface area contributed by atoms with E-state index in [0.29, 0.717) is 31.8 Å². The highest BCUT2D eigenvalue weighted by atomic mass is 32.2. The molecule has 13 heteroatoms. The summed E-state index contributed by atoms with van der Waals surface area (Å²) in [6.45, 7) is 1.54. The minimum atomic E-state index is -4.82. The van der Waals surface area contributed by atoms with Crippen molar-refractivity contribution in [3.05, 3.63) is 104 Å². The Labute approximate surface area is 257 Å². The number of methoxy groups -OCH3 is 1.